The summed E-state index contributed by atoms with van der Waals surface area (Å²) in [4.78, 5) is 0. The van der Waals surface area contributed by atoms with Crippen LogP contribution in [0.15, 0.2) is 24.3 Å². The SMILES string of the molecule is CCOc1cccc(OC(C)C#N)c1. The zero-order valence-corrected chi connectivity index (χ0v) is 8.36. The highest BCUT2D eigenvalue weighted by Gasteiger charge is 2.02. The molecular weight excluding hydrogens is 178 g/mol. The van der Waals surface area contributed by atoms with Crippen molar-refractivity contribution in [2.24, 2.45) is 0 Å². The molecule has 0 amide bonds. The van der Waals surface area contributed by atoms with E-state index in [1.165, 1.54) is 0 Å². The van der Waals surface area contributed by atoms with E-state index in [0.29, 0.717) is 12.4 Å². The number of rotatable bonds is 4. The van der Waals surface area contributed by atoms with Gasteiger partial charge in [-0.3, -0.25) is 0 Å². The zero-order valence-electron chi connectivity index (χ0n) is 8.36. The summed E-state index contributed by atoms with van der Waals surface area (Å²) in [6.45, 7) is 4.25. The predicted molar refractivity (Wildman–Crippen MR) is 53.3 cm³/mol. The molecule has 0 radical (unpaired) electrons. The van der Waals surface area contributed by atoms with Gasteiger partial charge in [-0.1, -0.05) is 6.07 Å². The van der Waals surface area contributed by atoms with Gasteiger partial charge in [-0.15, -0.1) is 0 Å². The molecule has 1 aromatic carbocycles. The van der Waals surface area contributed by atoms with Crippen LogP contribution in [0.5, 0.6) is 11.5 Å². The van der Waals surface area contributed by atoms with Crippen LogP contribution in [0.4, 0.5) is 0 Å². The number of hydrogen-bond donors (Lipinski definition) is 0. The van der Waals surface area contributed by atoms with Crippen LogP contribution in [0.2, 0.25) is 0 Å². The van der Waals surface area contributed by atoms with Gasteiger partial charge in [-0.25, -0.2) is 0 Å². The minimum absolute atomic E-state index is 0.438. The lowest BCUT2D eigenvalue weighted by atomic mass is 10.3. The lowest BCUT2D eigenvalue weighted by Gasteiger charge is -2.09. The van der Waals surface area contributed by atoms with Crippen molar-refractivity contribution in [3.05, 3.63) is 24.3 Å². The zero-order chi connectivity index (χ0) is 10.4. The molecule has 0 aliphatic carbocycles. The summed E-state index contributed by atoms with van der Waals surface area (Å²) >= 11 is 0. The second-order valence-electron chi connectivity index (χ2n) is 2.80. The Labute approximate surface area is 83.9 Å². The first-order chi connectivity index (χ1) is 6.76. The molecule has 0 N–H and O–H groups in total. The van der Waals surface area contributed by atoms with E-state index in [2.05, 4.69) is 0 Å². The average molecular weight is 191 g/mol. The summed E-state index contributed by atoms with van der Waals surface area (Å²) in [5.41, 5.74) is 0. The second kappa shape index (κ2) is 5.13. The molecule has 1 aromatic rings. The van der Waals surface area contributed by atoms with Crippen molar-refractivity contribution >= 4 is 0 Å². The number of nitriles is 1. The molecule has 0 bridgehead atoms. The van der Waals surface area contributed by atoms with Crippen LogP contribution in [0, 0.1) is 11.3 Å². The van der Waals surface area contributed by atoms with Crippen molar-refractivity contribution in [3.8, 4) is 17.6 Å². The van der Waals surface area contributed by atoms with Gasteiger partial charge in [0.15, 0.2) is 6.10 Å². The Morgan fingerprint density at radius 2 is 2.14 bits per heavy atom. The summed E-state index contributed by atoms with van der Waals surface area (Å²) < 4.78 is 10.6. The van der Waals surface area contributed by atoms with Crippen molar-refractivity contribution in [1.29, 1.82) is 5.26 Å². The van der Waals surface area contributed by atoms with E-state index in [1.807, 2.05) is 25.1 Å². The number of nitrogens with zero attached hydrogens (tertiary/aromatic N) is 1. The third-order valence-electron chi connectivity index (χ3n) is 1.61. The van der Waals surface area contributed by atoms with E-state index in [-0.39, 0.29) is 0 Å². The molecule has 3 nitrogen and oxygen atoms in total. The fourth-order valence-corrected chi connectivity index (χ4v) is 1.03. The van der Waals surface area contributed by atoms with Gasteiger partial charge in [0.25, 0.3) is 0 Å². The Hall–Kier alpha value is -1.69. The van der Waals surface area contributed by atoms with Crippen molar-refractivity contribution in [2.75, 3.05) is 6.61 Å². The molecule has 3 heteroatoms. The number of hydrogen-bond acceptors (Lipinski definition) is 3. The topological polar surface area (TPSA) is 42.2 Å². The van der Waals surface area contributed by atoms with Crippen LogP contribution in [0.3, 0.4) is 0 Å². The fraction of sp³-hybridized carbons (Fsp3) is 0.364. The molecular formula is C11H13NO2. The van der Waals surface area contributed by atoms with E-state index in [4.69, 9.17) is 14.7 Å². The average Bonchev–Trinajstić information content (AvgIpc) is 2.19. The molecule has 1 atom stereocenters. The molecule has 0 fully saturated rings. The Balaban J connectivity index is 2.69. The van der Waals surface area contributed by atoms with Crippen LogP contribution in [0.1, 0.15) is 13.8 Å². The molecule has 0 saturated carbocycles. The smallest absolute Gasteiger partial charge is 0.181 e. The van der Waals surface area contributed by atoms with Gasteiger partial charge in [-0.05, 0) is 26.0 Å². The predicted octanol–water partition coefficient (Wildman–Crippen LogP) is 2.38. The summed E-state index contributed by atoms with van der Waals surface area (Å²) in [7, 11) is 0. The van der Waals surface area contributed by atoms with E-state index in [1.54, 1.807) is 19.1 Å². The van der Waals surface area contributed by atoms with Gasteiger partial charge in [0, 0.05) is 6.07 Å². The fourth-order valence-electron chi connectivity index (χ4n) is 1.03. The van der Waals surface area contributed by atoms with Crippen molar-refractivity contribution in [1.82, 2.24) is 0 Å². The Bertz CT molecular complexity index is 330. The Kier molecular flexibility index (Phi) is 3.81. The lowest BCUT2D eigenvalue weighted by molar-refractivity contribution is 0.273. The first-order valence-corrected chi connectivity index (χ1v) is 4.55. The third kappa shape index (κ3) is 2.98. The third-order valence-corrected chi connectivity index (χ3v) is 1.61. The molecule has 14 heavy (non-hydrogen) atoms. The highest BCUT2D eigenvalue weighted by molar-refractivity contribution is 5.33. The van der Waals surface area contributed by atoms with Crippen LogP contribution < -0.4 is 9.47 Å². The standard InChI is InChI=1S/C11H13NO2/c1-3-13-10-5-4-6-11(7-10)14-9(2)8-12/h4-7,9H,3H2,1-2H3. The molecule has 1 unspecified atom stereocenters. The maximum Gasteiger partial charge on any atom is 0.181 e. The maximum absolute atomic E-state index is 8.56. The highest BCUT2D eigenvalue weighted by atomic mass is 16.5. The molecule has 0 saturated heterocycles. The van der Waals surface area contributed by atoms with Gasteiger partial charge >= 0.3 is 0 Å². The molecule has 0 heterocycles. The van der Waals surface area contributed by atoms with Gasteiger partial charge in [-0.2, -0.15) is 5.26 Å². The summed E-state index contributed by atoms with van der Waals surface area (Å²) in [6, 6.07) is 9.27. The number of benzene rings is 1. The first-order valence-electron chi connectivity index (χ1n) is 4.55. The first kappa shape index (κ1) is 10.4. The van der Waals surface area contributed by atoms with Gasteiger partial charge in [0.05, 0.1) is 6.61 Å². The Morgan fingerprint density at radius 1 is 1.43 bits per heavy atom. The van der Waals surface area contributed by atoms with Gasteiger partial charge in [0.1, 0.15) is 17.6 Å². The van der Waals surface area contributed by atoms with Crippen LogP contribution in [-0.4, -0.2) is 12.7 Å². The summed E-state index contributed by atoms with van der Waals surface area (Å²) in [5.74, 6) is 1.42. The van der Waals surface area contributed by atoms with Gasteiger partial charge < -0.3 is 9.47 Å². The monoisotopic (exact) mass is 191 g/mol. The quantitative estimate of drug-likeness (QED) is 0.733. The van der Waals surface area contributed by atoms with E-state index in [9.17, 15) is 0 Å². The maximum atomic E-state index is 8.56. The van der Waals surface area contributed by atoms with Crippen LogP contribution in [-0.2, 0) is 0 Å². The molecule has 0 spiro atoms. The summed E-state index contributed by atoms with van der Waals surface area (Å²) in [6.07, 6.45) is -0.438. The van der Waals surface area contributed by atoms with Crippen molar-refractivity contribution in [2.45, 2.75) is 20.0 Å². The second-order valence-corrected chi connectivity index (χ2v) is 2.80. The normalized spacial score (nSPS) is 11.5. The summed E-state index contributed by atoms with van der Waals surface area (Å²) in [5, 5.41) is 8.56. The van der Waals surface area contributed by atoms with E-state index >= 15 is 0 Å². The van der Waals surface area contributed by atoms with E-state index in [0.717, 1.165) is 5.75 Å². The van der Waals surface area contributed by atoms with Crippen molar-refractivity contribution < 1.29 is 9.47 Å². The molecule has 0 aromatic heterocycles. The number of ether oxygens (including phenoxy) is 2. The molecule has 0 aliphatic heterocycles. The van der Waals surface area contributed by atoms with Crippen LogP contribution >= 0.6 is 0 Å². The van der Waals surface area contributed by atoms with Crippen LogP contribution in [0.25, 0.3) is 0 Å². The molecule has 1 rings (SSSR count). The lowest BCUT2D eigenvalue weighted by Crippen LogP contribution is -2.08. The highest BCUT2D eigenvalue weighted by Crippen LogP contribution is 2.20. The molecule has 74 valence electrons. The minimum atomic E-state index is -0.438. The van der Waals surface area contributed by atoms with E-state index < -0.39 is 6.10 Å². The molecule has 0 aliphatic rings. The largest absolute Gasteiger partial charge is 0.494 e. The minimum Gasteiger partial charge on any atom is -0.494 e. The Morgan fingerprint density at radius 3 is 2.79 bits per heavy atom. The van der Waals surface area contributed by atoms with Crippen molar-refractivity contribution in [3.63, 3.8) is 0 Å². The van der Waals surface area contributed by atoms with Gasteiger partial charge in [0.2, 0.25) is 0 Å².